The van der Waals surface area contributed by atoms with Gasteiger partial charge in [0.2, 0.25) is 0 Å². The molecule has 0 saturated carbocycles. The molecule has 4 heteroatoms. The molecule has 0 bridgehead atoms. The van der Waals surface area contributed by atoms with Crippen molar-refractivity contribution in [3.8, 4) is 0 Å². The number of rotatable bonds is 5. The molecule has 0 unspecified atom stereocenters. The van der Waals surface area contributed by atoms with Crippen LogP contribution in [0.4, 0.5) is 11.7 Å². The predicted octanol–water partition coefficient (Wildman–Crippen LogP) is 3.71. The second-order valence-corrected chi connectivity index (χ2v) is 4.89. The van der Waals surface area contributed by atoms with E-state index in [1.165, 1.54) is 10.8 Å². The zero-order chi connectivity index (χ0) is 14.7. The molecule has 0 aliphatic heterocycles. The number of anilines is 2. The molecule has 0 aliphatic carbocycles. The smallest absolute Gasteiger partial charge is 0.302 e. The fourth-order valence-electron chi connectivity index (χ4n) is 2.53. The Bertz CT molecular complexity index is 730. The quantitative estimate of drug-likeness (QED) is 0.774. The highest BCUT2D eigenvalue weighted by Crippen LogP contribution is 2.31. The lowest BCUT2D eigenvalue weighted by Gasteiger charge is -2.20. The zero-order valence-corrected chi connectivity index (χ0v) is 12.3. The van der Waals surface area contributed by atoms with Crippen LogP contribution in [0.25, 0.3) is 10.8 Å². The zero-order valence-electron chi connectivity index (χ0n) is 12.3. The molecule has 108 valence electrons. The molecule has 0 spiro atoms. The van der Waals surface area contributed by atoms with Gasteiger partial charge in [0, 0.05) is 18.5 Å². The van der Waals surface area contributed by atoms with Crippen LogP contribution in [0, 0.1) is 0 Å². The van der Waals surface area contributed by atoms with Gasteiger partial charge in [0.25, 0.3) is 0 Å². The molecule has 3 aromatic rings. The van der Waals surface area contributed by atoms with Gasteiger partial charge in [-0.25, -0.2) is 0 Å². The highest BCUT2D eigenvalue weighted by atomic mass is 16.4. The summed E-state index contributed by atoms with van der Waals surface area (Å²) in [7, 11) is 1.90. The average Bonchev–Trinajstić information content (AvgIpc) is 2.97. The summed E-state index contributed by atoms with van der Waals surface area (Å²) in [6.07, 6.45) is 1.71. The number of nitrogens with zero attached hydrogens (tertiary/aromatic N) is 2. The fourth-order valence-corrected chi connectivity index (χ4v) is 2.53. The molecule has 0 aliphatic rings. The van der Waals surface area contributed by atoms with Gasteiger partial charge in [-0.2, -0.15) is 4.98 Å². The summed E-state index contributed by atoms with van der Waals surface area (Å²) in [6, 6.07) is 15.3. The van der Waals surface area contributed by atoms with Gasteiger partial charge in [-0.1, -0.05) is 36.4 Å². The molecule has 0 fully saturated rings. The van der Waals surface area contributed by atoms with Crippen molar-refractivity contribution in [3.63, 3.8) is 0 Å². The lowest BCUT2D eigenvalue weighted by molar-refractivity contribution is 0.553. The maximum atomic E-state index is 5.65. The Morgan fingerprint density at radius 1 is 1.14 bits per heavy atom. The lowest BCUT2D eigenvalue weighted by Crippen LogP contribution is -2.17. The monoisotopic (exact) mass is 281 g/mol. The maximum Gasteiger partial charge on any atom is 0.302 e. The van der Waals surface area contributed by atoms with Crippen LogP contribution in [0.15, 0.2) is 53.1 Å². The first-order chi connectivity index (χ1) is 10.3. The van der Waals surface area contributed by atoms with Crippen LogP contribution in [0.5, 0.6) is 0 Å². The number of nitrogens with one attached hydrogen (secondary N) is 1. The molecule has 21 heavy (non-hydrogen) atoms. The minimum absolute atomic E-state index is 0.638. The fraction of sp³-hybridized carbons (Fsp3) is 0.235. The first kappa shape index (κ1) is 13.6. The van der Waals surface area contributed by atoms with Crippen LogP contribution in [0.2, 0.25) is 0 Å². The molecule has 0 radical (unpaired) electrons. The summed E-state index contributed by atoms with van der Waals surface area (Å²) in [6.45, 7) is 3.60. The molecule has 4 nitrogen and oxygen atoms in total. The maximum absolute atomic E-state index is 5.65. The van der Waals surface area contributed by atoms with Crippen LogP contribution >= 0.6 is 0 Å². The van der Waals surface area contributed by atoms with Gasteiger partial charge in [-0.05, 0) is 25.4 Å². The van der Waals surface area contributed by atoms with E-state index in [4.69, 9.17) is 4.42 Å². The van der Waals surface area contributed by atoms with E-state index in [-0.39, 0.29) is 0 Å². The van der Waals surface area contributed by atoms with Crippen LogP contribution < -0.4 is 10.2 Å². The number of aromatic nitrogens is 1. The first-order valence-electron chi connectivity index (χ1n) is 7.17. The number of hydrogen-bond acceptors (Lipinski definition) is 4. The van der Waals surface area contributed by atoms with E-state index in [9.17, 15) is 0 Å². The van der Waals surface area contributed by atoms with E-state index in [2.05, 4.69) is 64.6 Å². The van der Waals surface area contributed by atoms with Gasteiger partial charge in [0.15, 0.2) is 0 Å². The Labute approximate surface area is 124 Å². The molecule has 1 aromatic heterocycles. The van der Waals surface area contributed by atoms with Crippen LogP contribution in [0.3, 0.4) is 0 Å². The third kappa shape index (κ3) is 2.62. The second kappa shape index (κ2) is 5.97. The van der Waals surface area contributed by atoms with Crippen LogP contribution in [-0.2, 0) is 6.54 Å². The van der Waals surface area contributed by atoms with E-state index >= 15 is 0 Å². The van der Waals surface area contributed by atoms with Gasteiger partial charge in [0.05, 0.1) is 11.4 Å². The predicted molar refractivity (Wildman–Crippen MR) is 85.9 cm³/mol. The molecule has 0 atom stereocenters. The topological polar surface area (TPSA) is 41.3 Å². The Kier molecular flexibility index (Phi) is 3.88. The van der Waals surface area contributed by atoms with Crippen molar-refractivity contribution in [2.24, 2.45) is 0 Å². The minimum atomic E-state index is 0.638. The number of oxazole rings is 1. The largest absolute Gasteiger partial charge is 0.431 e. The van der Waals surface area contributed by atoms with E-state index in [1.807, 2.05) is 7.05 Å². The summed E-state index contributed by atoms with van der Waals surface area (Å²) in [5.41, 5.74) is 2.03. The van der Waals surface area contributed by atoms with E-state index in [1.54, 1.807) is 6.26 Å². The normalized spacial score (nSPS) is 11.0. The van der Waals surface area contributed by atoms with E-state index in [0.717, 1.165) is 17.9 Å². The van der Waals surface area contributed by atoms with Crippen LogP contribution in [0.1, 0.15) is 12.6 Å². The Balaban J connectivity index is 2.05. The molecule has 3 rings (SSSR count). The van der Waals surface area contributed by atoms with Gasteiger partial charge < -0.3 is 9.73 Å². The summed E-state index contributed by atoms with van der Waals surface area (Å²) in [5, 5.41) is 5.50. The standard InChI is InChI=1S/C17H19N3O/c1-3-20(17-19-14(11-18-2)12-21-17)16-10-6-8-13-7-4-5-9-15(13)16/h4-10,12,18H,3,11H2,1-2H3. The SMILES string of the molecule is CCN(c1nc(CNC)co1)c1cccc2ccccc12. The lowest BCUT2D eigenvalue weighted by atomic mass is 10.1. The van der Waals surface area contributed by atoms with Crippen molar-refractivity contribution in [1.29, 1.82) is 0 Å². The van der Waals surface area contributed by atoms with Gasteiger partial charge in [0.1, 0.15) is 6.26 Å². The van der Waals surface area contributed by atoms with Crippen molar-refractivity contribution in [2.45, 2.75) is 13.5 Å². The van der Waals surface area contributed by atoms with Crippen LogP contribution in [-0.4, -0.2) is 18.6 Å². The molecular formula is C17H19N3O. The molecule has 2 aromatic carbocycles. The second-order valence-electron chi connectivity index (χ2n) is 4.89. The van der Waals surface area contributed by atoms with Crippen molar-refractivity contribution < 1.29 is 4.42 Å². The third-order valence-corrected chi connectivity index (χ3v) is 3.50. The van der Waals surface area contributed by atoms with Crippen molar-refractivity contribution in [1.82, 2.24) is 10.3 Å². The number of hydrogen-bond donors (Lipinski definition) is 1. The van der Waals surface area contributed by atoms with Gasteiger partial charge in [-0.3, -0.25) is 4.90 Å². The molecule has 0 saturated heterocycles. The molecule has 0 amide bonds. The number of benzene rings is 2. The molecular weight excluding hydrogens is 262 g/mol. The van der Waals surface area contributed by atoms with Crippen molar-refractivity contribution >= 4 is 22.5 Å². The molecule has 1 heterocycles. The van der Waals surface area contributed by atoms with E-state index < -0.39 is 0 Å². The Hall–Kier alpha value is -2.33. The van der Waals surface area contributed by atoms with Crippen molar-refractivity contribution in [3.05, 3.63) is 54.4 Å². The highest BCUT2D eigenvalue weighted by Gasteiger charge is 2.15. The minimum Gasteiger partial charge on any atom is -0.431 e. The summed E-state index contributed by atoms with van der Waals surface area (Å²) in [4.78, 5) is 6.65. The summed E-state index contributed by atoms with van der Waals surface area (Å²) < 4.78 is 5.65. The summed E-state index contributed by atoms with van der Waals surface area (Å²) >= 11 is 0. The van der Waals surface area contributed by atoms with Crippen molar-refractivity contribution in [2.75, 3.05) is 18.5 Å². The Morgan fingerprint density at radius 2 is 1.95 bits per heavy atom. The third-order valence-electron chi connectivity index (χ3n) is 3.50. The number of fused-ring (bicyclic) bond motifs is 1. The average molecular weight is 281 g/mol. The molecule has 1 N–H and O–H groups in total. The first-order valence-corrected chi connectivity index (χ1v) is 7.17. The van der Waals surface area contributed by atoms with E-state index in [0.29, 0.717) is 12.6 Å². The summed E-state index contributed by atoms with van der Waals surface area (Å²) in [5.74, 6) is 0. The van der Waals surface area contributed by atoms with Gasteiger partial charge in [-0.15, -0.1) is 0 Å². The Morgan fingerprint density at radius 3 is 2.76 bits per heavy atom. The van der Waals surface area contributed by atoms with Gasteiger partial charge >= 0.3 is 6.01 Å². The highest BCUT2D eigenvalue weighted by molar-refractivity contribution is 5.95.